The van der Waals surface area contributed by atoms with Gasteiger partial charge in [0.05, 0.1) is 14.2 Å². The topological polar surface area (TPSA) is 55.8 Å². The fraction of sp³-hybridized carbons (Fsp3) is 0.263. The molecule has 0 radical (unpaired) electrons. The Kier molecular flexibility index (Phi) is 5.29. The summed E-state index contributed by atoms with van der Waals surface area (Å²) in [6.07, 6.45) is 2.41. The molecule has 7 heteroatoms. The minimum absolute atomic E-state index is 0.0815. The van der Waals surface area contributed by atoms with Crippen LogP contribution in [0, 0.1) is 5.82 Å². The molecule has 2 aromatic rings. The Morgan fingerprint density at radius 2 is 1.77 bits per heavy atom. The molecular weight excluding hydrogens is 357 g/mol. The van der Waals surface area contributed by atoms with E-state index in [1.54, 1.807) is 24.3 Å². The van der Waals surface area contributed by atoms with Crippen LogP contribution in [0.3, 0.4) is 0 Å². The number of halogens is 1. The maximum absolute atomic E-state index is 13.1. The van der Waals surface area contributed by atoms with Crippen LogP contribution in [0.15, 0.2) is 53.4 Å². The van der Waals surface area contributed by atoms with E-state index in [2.05, 4.69) is 0 Å². The van der Waals surface area contributed by atoms with Crippen molar-refractivity contribution in [3.05, 3.63) is 59.9 Å². The van der Waals surface area contributed by atoms with Crippen molar-refractivity contribution >= 4 is 15.6 Å². The van der Waals surface area contributed by atoms with Crippen LogP contribution in [-0.4, -0.2) is 40.0 Å². The van der Waals surface area contributed by atoms with E-state index < -0.39 is 10.0 Å². The molecule has 2 aromatic carbocycles. The first-order chi connectivity index (χ1) is 12.5. The van der Waals surface area contributed by atoms with Gasteiger partial charge in [0.2, 0.25) is 10.0 Å². The van der Waals surface area contributed by atoms with Gasteiger partial charge in [-0.2, -0.15) is 4.31 Å². The zero-order valence-corrected chi connectivity index (χ0v) is 15.4. The largest absolute Gasteiger partial charge is 0.497 e. The monoisotopic (exact) mass is 377 g/mol. The van der Waals surface area contributed by atoms with Crippen molar-refractivity contribution in [2.24, 2.45) is 0 Å². The highest BCUT2D eigenvalue weighted by Crippen LogP contribution is 2.32. The van der Waals surface area contributed by atoms with Crippen molar-refractivity contribution in [3.63, 3.8) is 0 Å². The van der Waals surface area contributed by atoms with Crippen molar-refractivity contribution in [3.8, 4) is 11.5 Å². The van der Waals surface area contributed by atoms with Crippen molar-refractivity contribution in [2.75, 3.05) is 27.3 Å². The summed E-state index contributed by atoms with van der Waals surface area (Å²) in [5.41, 5.74) is 1.91. The Labute approximate surface area is 152 Å². The standard InChI is InChI=1S/C19H20FNO4S/c1-24-17-7-8-18(25-2)19(13-17)26(22,23)21-11-9-15(10-12-21)14-3-5-16(20)6-4-14/h3-9,13H,10-12H2,1-2H3. The van der Waals surface area contributed by atoms with Gasteiger partial charge in [-0.1, -0.05) is 18.2 Å². The molecule has 3 rings (SSSR count). The van der Waals surface area contributed by atoms with Gasteiger partial charge in [0.15, 0.2) is 0 Å². The van der Waals surface area contributed by atoms with Gasteiger partial charge in [-0.3, -0.25) is 0 Å². The maximum Gasteiger partial charge on any atom is 0.247 e. The highest BCUT2D eigenvalue weighted by molar-refractivity contribution is 7.89. The van der Waals surface area contributed by atoms with E-state index >= 15 is 0 Å². The molecule has 0 fully saturated rings. The number of rotatable bonds is 5. The zero-order chi connectivity index (χ0) is 18.7. The minimum atomic E-state index is -3.73. The molecule has 5 nitrogen and oxygen atoms in total. The van der Waals surface area contributed by atoms with Crippen molar-refractivity contribution in [1.82, 2.24) is 4.31 Å². The molecule has 0 unspecified atom stereocenters. The Hall–Kier alpha value is -2.38. The van der Waals surface area contributed by atoms with E-state index in [0.29, 0.717) is 18.7 Å². The first-order valence-corrected chi connectivity index (χ1v) is 9.57. The summed E-state index contributed by atoms with van der Waals surface area (Å²) in [7, 11) is -0.809. The van der Waals surface area contributed by atoms with Crippen molar-refractivity contribution < 1.29 is 22.3 Å². The average Bonchev–Trinajstić information content (AvgIpc) is 2.68. The quantitative estimate of drug-likeness (QED) is 0.802. The fourth-order valence-corrected chi connectivity index (χ4v) is 4.47. The summed E-state index contributed by atoms with van der Waals surface area (Å²) in [5, 5.41) is 0. The van der Waals surface area contributed by atoms with Gasteiger partial charge in [0.1, 0.15) is 22.2 Å². The van der Waals surface area contributed by atoms with Crippen LogP contribution in [0.4, 0.5) is 4.39 Å². The average molecular weight is 377 g/mol. The molecule has 0 aromatic heterocycles. The number of hydrogen-bond donors (Lipinski definition) is 0. The Morgan fingerprint density at radius 1 is 1.04 bits per heavy atom. The van der Waals surface area contributed by atoms with Crippen molar-refractivity contribution in [1.29, 1.82) is 0 Å². The summed E-state index contributed by atoms with van der Waals surface area (Å²) in [4.78, 5) is 0.0815. The van der Waals surface area contributed by atoms with Crippen molar-refractivity contribution in [2.45, 2.75) is 11.3 Å². The lowest BCUT2D eigenvalue weighted by atomic mass is 10.0. The highest BCUT2D eigenvalue weighted by atomic mass is 32.2. The molecule has 0 atom stereocenters. The SMILES string of the molecule is COc1ccc(OC)c(S(=O)(=O)N2CC=C(c3ccc(F)cc3)CC2)c1. The third-order valence-electron chi connectivity index (χ3n) is 4.38. The molecule has 1 aliphatic heterocycles. The number of hydrogen-bond acceptors (Lipinski definition) is 4. The van der Waals surface area contributed by atoms with Gasteiger partial charge in [0, 0.05) is 19.2 Å². The van der Waals surface area contributed by atoms with E-state index in [1.165, 1.54) is 36.7 Å². The Bertz CT molecular complexity index is 923. The summed E-state index contributed by atoms with van der Waals surface area (Å²) in [6.45, 7) is 0.585. The zero-order valence-electron chi connectivity index (χ0n) is 14.6. The van der Waals surface area contributed by atoms with Gasteiger partial charge in [-0.15, -0.1) is 0 Å². The van der Waals surface area contributed by atoms with Gasteiger partial charge >= 0.3 is 0 Å². The smallest absolute Gasteiger partial charge is 0.247 e. The van der Waals surface area contributed by atoms with Gasteiger partial charge in [-0.05, 0) is 41.8 Å². The summed E-state index contributed by atoms with van der Waals surface area (Å²) < 4.78 is 50.9. The van der Waals surface area contributed by atoms with Crippen LogP contribution in [0.1, 0.15) is 12.0 Å². The first-order valence-electron chi connectivity index (χ1n) is 8.13. The molecule has 0 amide bonds. The van der Waals surface area contributed by atoms with Crippen LogP contribution in [0.2, 0.25) is 0 Å². The van der Waals surface area contributed by atoms with Gasteiger partial charge in [0.25, 0.3) is 0 Å². The summed E-state index contributed by atoms with van der Waals surface area (Å²) in [6, 6.07) is 10.9. The number of sulfonamides is 1. The fourth-order valence-electron chi connectivity index (χ4n) is 2.92. The van der Waals surface area contributed by atoms with Crippen LogP contribution in [0.25, 0.3) is 5.57 Å². The molecule has 0 spiro atoms. The molecule has 0 saturated carbocycles. The Morgan fingerprint density at radius 3 is 2.35 bits per heavy atom. The van der Waals surface area contributed by atoms with E-state index in [9.17, 15) is 12.8 Å². The second-order valence-electron chi connectivity index (χ2n) is 5.87. The first kappa shape index (κ1) is 18.4. The maximum atomic E-state index is 13.1. The minimum Gasteiger partial charge on any atom is -0.497 e. The highest BCUT2D eigenvalue weighted by Gasteiger charge is 2.29. The number of ether oxygens (including phenoxy) is 2. The molecule has 0 aliphatic carbocycles. The van der Waals surface area contributed by atoms with Crippen LogP contribution < -0.4 is 9.47 Å². The summed E-state index contributed by atoms with van der Waals surface area (Å²) in [5.74, 6) is 0.433. The van der Waals surface area contributed by atoms with E-state index in [1.807, 2.05) is 6.08 Å². The molecule has 1 aliphatic rings. The van der Waals surface area contributed by atoms with Crippen LogP contribution in [-0.2, 0) is 10.0 Å². The Balaban J connectivity index is 1.87. The lowest BCUT2D eigenvalue weighted by molar-refractivity contribution is 0.386. The van der Waals surface area contributed by atoms with Gasteiger partial charge < -0.3 is 9.47 Å². The molecule has 0 saturated heterocycles. The third-order valence-corrected chi connectivity index (χ3v) is 6.26. The molecule has 0 N–H and O–H groups in total. The number of nitrogens with zero attached hydrogens (tertiary/aromatic N) is 1. The lowest BCUT2D eigenvalue weighted by Gasteiger charge is -2.26. The second kappa shape index (κ2) is 7.47. The van der Waals surface area contributed by atoms with Gasteiger partial charge in [-0.25, -0.2) is 12.8 Å². The lowest BCUT2D eigenvalue weighted by Crippen LogP contribution is -2.34. The second-order valence-corrected chi connectivity index (χ2v) is 7.77. The normalized spacial score (nSPS) is 15.4. The molecular formula is C19H20FNO4S. The molecule has 138 valence electrons. The molecule has 1 heterocycles. The predicted octanol–water partition coefficient (Wildman–Crippen LogP) is 3.32. The molecule has 0 bridgehead atoms. The van der Waals surface area contributed by atoms with Crippen LogP contribution in [0.5, 0.6) is 11.5 Å². The molecule has 26 heavy (non-hydrogen) atoms. The summed E-state index contributed by atoms with van der Waals surface area (Å²) >= 11 is 0. The number of methoxy groups -OCH3 is 2. The van der Waals surface area contributed by atoms with E-state index in [0.717, 1.165) is 11.1 Å². The van der Waals surface area contributed by atoms with Crippen LogP contribution >= 0.6 is 0 Å². The third kappa shape index (κ3) is 3.59. The predicted molar refractivity (Wildman–Crippen MR) is 97.3 cm³/mol. The number of benzene rings is 2. The van der Waals surface area contributed by atoms with E-state index in [4.69, 9.17) is 9.47 Å². The van der Waals surface area contributed by atoms with E-state index in [-0.39, 0.29) is 23.0 Å².